The maximum absolute atomic E-state index is 5.77. The molecule has 4 N–H and O–H groups in total. The maximum atomic E-state index is 5.77. The molecule has 0 saturated carbocycles. The first kappa shape index (κ1) is 12.2. The third-order valence-electron chi connectivity index (χ3n) is 4.11. The highest BCUT2D eigenvalue weighted by atomic mass is 15.2. The lowest BCUT2D eigenvalue weighted by Crippen LogP contribution is -2.06. The van der Waals surface area contributed by atoms with Crippen molar-refractivity contribution >= 4 is 28.4 Å². The number of aromatic nitrogens is 3. The fraction of sp³-hybridized carbons (Fsp3) is 0.250. The zero-order chi connectivity index (χ0) is 14.2. The Morgan fingerprint density at radius 3 is 2.95 bits per heavy atom. The first-order chi connectivity index (χ1) is 10.3. The first-order valence-corrected chi connectivity index (χ1v) is 7.29. The largest absolute Gasteiger partial charge is 0.382 e. The Kier molecular flexibility index (Phi) is 2.77. The third-order valence-corrected chi connectivity index (χ3v) is 4.11. The predicted octanol–water partition coefficient (Wildman–Crippen LogP) is 3.16. The van der Waals surface area contributed by atoms with E-state index < -0.39 is 0 Å². The van der Waals surface area contributed by atoms with Gasteiger partial charge in [-0.1, -0.05) is 12.1 Å². The predicted molar refractivity (Wildman–Crippen MR) is 84.7 cm³/mol. The van der Waals surface area contributed by atoms with Crippen LogP contribution in [0.3, 0.4) is 0 Å². The molecule has 0 saturated heterocycles. The molecule has 0 radical (unpaired) electrons. The van der Waals surface area contributed by atoms with Gasteiger partial charge in [-0.05, 0) is 55.0 Å². The molecular formula is C16H17N5. The molecule has 2 aromatic heterocycles. The number of aromatic amines is 1. The number of aryl methyl sites for hydroxylation is 1. The van der Waals surface area contributed by atoms with E-state index in [4.69, 9.17) is 5.73 Å². The normalized spacial score (nSPS) is 14.1. The fourth-order valence-electron chi connectivity index (χ4n) is 3.03. The van der Waals surface area contributed by atoms with E-state index in [1.54, 1.807) is 0 Å². The molecule has 2 heterocycles. The smallest absolute Gasteiger partial charge is 0.159 e. The van der Waals surface area contributed by atoms with Crippen LogP contribution in [0, 0.1) is 0 Å². The molecule has 5 heteroatoms. The molecule has 0 spiro atoms. The number of pyridine rings is 1. The highest BCUT2D eigenvalue weighted by Crippen LogP contribution is 2.30. The molecule has 0 unspecified atom stereocenters. The number of nitrogens with zero attached hydrogens (tertiary/aromatic N) is 2. The van der Waals surface area contributed by atoms with Crippen LogP contribution in [0.4, 0.5) is 17.3 Å². The molecule has 1 aromatic carbocycles. The molecular weight excluding hydrogens is 262 g/mol. The summed E-state index contributed by atoms with van der Waals surface area (Å²) in [5, 5.41) is 11.1. The fourth-order valence-corrected chi connectivity index (χ4v) is 3.03. The van der Waals surface area contributed by atoms with Gasteiger partial charge in [-0.3, -0.25) is 5.10 Å². The lowest BCUT2D eigenvalue weighted by molar-refractivity contribution is 0.687. The number of anilines is 3. The van der Waals surface area contributed by atoms with Gasteiger partial charge in [0.15, 0.2) is 11.5 Å². The van der Waals surface area contributed by atoms with Crippen LogP contribution in [0.1, 0.15) is 24.0 Å². The van der Waals surface area contributed by atoms with Gasteiger partial charge in [0.05, 0.1) is 5.39 Å². The van der Waals surface area contributed by atoms with E-state index in [0.29, 0.717) is 11.5 Å². The zero-order valence-corrected chi connectivity index (χ0v) is 11.7. The highest BCUT2D eigenvalue weighted by Gasteiger charge is 2.13. The Morgan fingerprint density at radius 2 is 2.00 bits per heavy atom. The average Bonchev–Trinajstić information content (AvgIpc) is 2.89. The van der Waals surface area contributed by atoms with Crippen LogP contribution >= 0.6 is 0 Å². The van der Waals surface area contributed by atoms with Crippen molar-refractivity contribution in [1.29, 1.82) is 0 Å². The Bertz CT molecular complexity index is 806. The van der Waals surface area contributed by atoms with E-state index in [1.807, 2.05) is 12.1 Å². The molecule has 21 heavy (non-hydrogen) atoms. The van der Waals surface area contributed by atoms with Crippen LogP contribution < -0.4 is 11.1 Å². The lowest BCUT2D eigenvalue weighted by Gasteiger charge is -2.19. The topological polar surface area (TPSA) is 79.6 Å². The average molecular weight is 279 g/mol. The Balaban J connectivity index is 1.71. The van der Waals surface area contributed by atoms with Gasteiger partial charge < -0.3 is 11.1 Å². The third kappa shape index (κ3) is 2.11. The van der Waals surface area contributed by atoms with Crippen molar-refractivity contribution in [1.82, 2.24) is 15.2 Å². The van der Waals surface area contributed by atoms with Gasteiger partial charge in [-0.15, -0.1) is 0 Å². The maximum Gasteiger partial charge on any atom is 0.159 e. The van der Waals surface area contributed by atoms with Crippen molar-refractivity contribution in [3.63, 3.8) is 0 Å². The Hall–Kier alpha value is -2.56. The summed E-state index contributed by atoms with van der Waals surface area (Å²) < 4.78 is 0. The van der Waals surface area contributed by atoms with Crippen LogP contribution in [0.25, 0.3) is 11.0 Å². The van der Waals surface area contributed by atoms with Gasteiger partial charge in [0, 0.05) is 5.69 Å². The molecule has 0 fully saturated rings. The summed E-state index contributed by atoms with van der Waals surface area (Å²) in [6, 6.07) is 10.3. The van der Waals surface area contributed by atoms with Crippen molar-refractivity contribution in [3.05, 3.63) is 41.5 Å². The first-order valence-electron chi connectivity index (χ1n) is 7.29. The number of H-pyrrole nitrogens is 1. The summed E-state index contributed by atoms with van der Waals surface area (Å²) >= 11 is 0. The Labute approximate surface area is 122 Å². The molecule has 1 aliphatic rings. The minimum atomic E-state index is 0.487. The van der Waals surface area contributed by atoms with E-state index in [-0.39, 0.29) is 0 Å². The zero-order valence-electron chi connectivity index (χ0n) is 11.7. The van der Waals surface area contributed by atoms with Crippen molar-refractivity contribution in [3.8, 4) is 0 Å². The quantitative estimate of drug-likeness (QED) is 0.673. The van der Waals surface area contributed by atoms with Gasteiger partial charge in [-0.25, -0.2) is 4.98 Å². The second kappa shape index (κ2) is 4.77. The number of fused-ring (bicyclic) bond motifs is 2. The van der Waals surface area contributed by atoms with E-state index in [1.165, 1.54) is 30.4 Å². The van der Waals surface area contributed by atoms with E-state index in [2.05, 4.69) is 38.7 Å². The van der Waals surface area contributed by atoms with Crippen LogP contribution in [0.15, 0.2) is 30.3 Å². The summed E-state index contributed by atoms with van der Waals surface area (Å²) in [5.41, 5.74) is 10.5. The Morgan fingerprint density at radius 1 is 1.10 bits per heavy atom. The number of hydrogen-bond donors (Lipinski definition) is 3. The lowest BCUT2D eigenvalue weighted by atomic mass is 9.90. The minimum Gasteiger partial charge on any atom is -0.382 e. The van der Waals surface area contributed by atoms with Crippen LogP contribution in [-0.2, 0) is 12.8 Å². The summed E-state index contributed by atoms with van der Waals surface area (Å²) in [7, 11) is 0. The van der Waals surface area contributed by atoms with Gasteiger partial charge >= 0.3 is 0 Å². The second-order valence-corrected chi connectivity index (χ2v) is 5.48. The minimum absolute atomic E-state index is 0.487. The molecule has 0 aliphatic heterocycles. The number of nitrogens with two attached hydrogens (primary N) is 1. The summed E-state index contributed by atoms with van der Waals surface area (Å²) in [4.78, 5) is 4.53. The van der Waals surface area contributed by atoms with Crippen LogP contribution in [0.2, 0.25) is 0 Å². The molecule has 5 nitrogen and oxygen atoms in total. The van der Waals surface area contributed by atoms with Gasteiger partial charge in [-0.2, -0.15) is 5.10 Å². The van der Waals surface area contributed by atoms with Crippen molar-refractivity contribution in [2.75, 3.05) is 11.1 Å². The second-order valence-electron chi connectivity index (χ2n) is 5.48. The van der Waals surface area contributed by atoms with Crippen molar-refractivity contribution in [2.24, 2.45) is 0 Å². The molecule has 0 bridgehead atoms. The van der Waals surface area contributed by atoms with Crippen LogP contribution in [0.5, 0.6) is 0 Å². The number of benzene rings is 1. The van der Waals surface area contributed by atoms with Gasteiger partial charge in [0.1, 0.15) is 5.82 Å². The standard InChI is InChI=1S/C16H17N5/c17-15-12-8-9-14(19-16(12)21-20-15)18-13-7-3-5-10-4-1-2-6-11(10)13/h3,5,7-9H,1-2,4,6H2,(H4,17,18,19,20,21). The summed E-state index contributed by atoms with van der Waals surface area (Å²) in [5.74, 6) is 1.30. The van der Waals surface area contributed by atoms with Crippen molar-refractivity contribution in [2.45, 2.75) is 25.7 Å². The summed E-state index contributed by atoms with van der Waals surface area (Å²) in [6.07, 6.45) is 4.86. The SMILES string of the molecule is Nc1n[nH]c2nc(Nc3cccc4c3CCCC4)ccc12. The van der Waals surface area contributed by atoms with Crippen molar-refractivity contribution < 1.29 is 0 Å². The van der Waals surface area contributed by atoms with E-state index in [0.717, 1.165) is 23.3 Å². The van der Waals surface area contributed by atoms with Crippen LogP contribution in [-0.4, -0.2) is 15.2 Å². The number of nitrogens with one attached hydrogen (secondary N) is 2. The number of hydrogen-bond acceptors (Lipinski definition) is 4. The summed E-state index contributed by atoms with van der Waals surface area (Å²) in [6.45, 7) is 0. The van der Waals surface area contributed by atoms with E-state index >= 15 is 0 Å². The molecule has 106 valence electrons. The monoisotopic (exact) mass is 279 g/mol. The molecule has 0 atom stereocenters. The molecule has 1 aliphatic carbocycles. The highest BCUT2D eigenvalue weighted by molar-refractivity contribution is 5.87. The number of rotatable bonds is 2. The van der Waals surface area contributed by atoms with Gasteiger partial charge in [0.2, 0.25) is 0 Å². The van der Waals surface area contributed by atoms with Gasteiger partial charge in [0.25, 0.3) is 0 Å². The number of nitrogen functional groups attached to an aromatic ring is 1. The van der Waals surface area contributed by atoms with E-state index in [9.17, 15) is 0 Å². The molecule has 4 rings (SSSR count). The molecule has 0 amide bonds. The molecule has 3 aromatic rings.